The van der Waals surface area contributed by atoms with Crippen molar-refractivity contribution < 1.29 is 8.78 Å². The Hall–Kier alpha value is -1.32. The number of halogens is 2. The standard InChI is InChI=1S/C12H14F2N2/c13-8-4-9(14)11(10(15)5-8)16-6-12(7-16)2-1-3-12/h4-5H,1-3,6-7,15H2. The zero-order chi connectivity index (χ0) is 11.3. The maximum atomic E-state index is 13.6. The van der Waals surface area contributed by atoms with E-state index >= 15 is 0 Å². The molecule has 2 nitrogen and oxygen atoms in total. The van der Waals surface area contributed by atoms with E-state index in [1.807, 2.05) is 4.90 Å². The molecular formula is C12H14F2N2. The van der Waals surface area contributed by atoms with Crippen LogP contribution in [0.1, 0.15) is 19.3 Å². The first kappa shape index (κ1) is 9.87. The molecule has 0 radical (unpaired) electrons. The fraction of sp³-hybridized carbons (Fsp3) is 0.500. The van der Waals surface area contributed by atoms with Crippen LogP contribution in [0.2, 0.25) is 0 Å². The van der Waals surface area contributed by atoms with Crippen molar-refractivity contribution in [3.63, 3.8) is 0 Å². The van der Waals surface area contributed by atoms with Gasteiger partial charge < -0.3 is 10.6 Å². The normalized spacial score (nSPS) is 21.8. The molecule has 1 saturated heterocycles. The van der Waals surface area contributed by atoms with E-state index in [-0.39, 0.29) is 5.69 Å². The molecule has 2 fully saturated rings. The molecule has 16 heavy (non-hydrogen) atoms. The number of anilines is 2. The van der Waals surface area contributed by atoms with E-state index in [1.54, 1.807) is 0 Å². The van der Waals surface area contributed by atoms with Gasteiger partial charge in [-0.1, -0.05) is 6.42 Å². The fourth-order valence-corrected chi connectivity index (χ4v) is 2.83. The quantitative estimate of drug-likeness (QED) is 0.743. The summed E-state index contributed by atoms with van der Waals surface area (Å²) in [7, 11) is 0. The Morgan fingerprint density at radius 2 is 1.88 bits per heavy atom. The van der Waals surface area contributed by atoms with Crippen LogP contribution in [0.5, 0.6) is 0 Å². The van der Waals surface area contributed by atoms with Gasteiger partial charge in [-0.3, -0.25) is 0 Å². The van der Waals surface area contributed by atoms with Gasteiger partial charge in [0, 0.05) is 24.6 Å². The maximum Gasteiger partial charge on any atom is 0.151 e. The van der Waals surface area contributed by atoms with Crippen molar-refractivity contribution in [3.05, 3.63) is 23.8 Å². The Kier molecular flexibility index (Phi) is 1.91. The van der Waals surface area contributed by atoms with Crippen LogP contribution < -0.4 is 10.6 Å². The number of hydrogen-bond acceptors (Lipinski definition) is 2. The van der Waals surface area contributed by atoms with Crippen LogP contribution in [-0.2, 0) is 0 Å². The van der Waals surface area contributed by atoms with Crippen molar-refractivity contribution in [3.8, 4) is 0 Å². The lowest BCUT2D eigenvalue weighted by Crippen LogP contribution is -2.60. The van der Waals surface area contributed by atoms with Crippen molar-refractivity contribution in [1.82, 2.24) is 0 Å². The topological polar surface area (TPSA) is 29.3 Å². The minimum Gasteiger partial charge on any atom is -0.397 e. The van der Waals surface area contributed by atoms with E-state index in [1.165, 1.54) is 25.3 Å². The minimum atomic E-state index is -0.613. The molecule has 1 aromatic carbocycles. The van der Waals surface area contributed by atoms with Crippen LogP contribution in [0.15, 0.2) is 12.1 Å². The second kappa shape index (κ2) is 3.09. The predicted molar refractivity (Wildman–Crippen MR) is 59.3 cm³/mol. The summed E-state index contributed by atoms with van der Waals surface area (Å²) in [4.78, 5) is 1.92. The maximum absolute atomic E-state index is 13.6. The van der Waals surface area contributed by atoms with Gasteiger partial charge in [-0.05, 0) is 18.9 Å². The van der Waals surface area contributed by atoms with Gasteiger partial charge in [0.2, 0.25) is 0 Å². The van der Waals surface area contributed by atoms with Crippen LogP contribution in [-0.4, -0.2) is 13.1 Å². The summed E-state index contributed by atoms with van der Waals surface area (Å²) in [5.74, 6) is -1.16. The summed E-state index contributed by atoms with van der Waals surface area (Å²) in [5, 5.41) is 0. The molecule has 0 aromatic heterocycles. The third kappa shape index (κ3) is 1.29. The molecule has 1 aromatic rings. The number of hydrogen-bond donors (Lipinski definition) is 1. The van der Waals surface area contributed by atoms with Crippen LogP contribution in [0.4, 0.5) is 20.2 Å². The molecule has 0 amide bonds. The number of benzene rings is 1. The minimum absolute atomic E-state index is 0.201. The second-order valence-electron chi connectivity index (χ2n) is 5.04. The first-order valence-corrected chi connectivity index (χ1v) is 5.59. The summed E-state index contributed by atoms with van der Waals surface area (Å²) >= 11 is 0. The van der Waals surface area contributed by atoms with Crippen molar-refractivity contribution in [1.29, 1.82) is 0 Å². The fourth-order valence-electron chi connectivity index (χ4n) is 2.83. The lowest BCUT2D eigenvalue weighted by Gasteiger charge is -2.57. The van der Waals surface area contributed by atoms with Gasteiger partial charge in [0.05, 0.1) is 11.4 Å². The Labute approximate surface area is 93.0 Å². The van der Waals surface area contributed by atoms with E-state index in [9.17, 15) is 8.78 Å². The van der Waals surface area contributed by atoms with Crippen molar-refractivity contribution in [2.24, 2.45) is 5.41 Å². The molecule has 3 rings (SSSR count). The third-order valence-electron chi connectivity index (χ3n) is 3.84. The Morgan fingerprint density at radius 1 is 1.19 bits per heavy atom. The first-order valence-electron chi connectivity index (χ1n) is 5.59. The van der Waals surface area contributed by atoms with E-state index in [2.05, 4.69) is 0 Å². The van der Waals surface area contributed by atoms with Crippen molar-refractivity contribution in [2.45, 2.75) is 19.3 Å². The number of nitrogen functional groups attached to an aromatic ring is 1. The SMILES string of the molecule is Nc1cc(F)cc(F)c1N1CC2(CCC2)C1. The Balaban J connectivity index is 1.85. The number of nitrogens with zero attached hydrogens (tertiary/aromatic N) is 1. The molecule has 4 heteroatoms. The monoisotopic (exact) mass is 224 g/mol. The van der Waals surface area contributed by atoms with Crippen LogP contribution >= 0.6 is 0 Å². The molecule has 1 aliphatic carbocycles. The van der Waals surface area contributed by atoms with E-state index in [0.717, 1.165) is 19.2 Å². The molecular weight excluding hydrogens is 210 g/mol. The second-order valence-corrected chi connectivity index (χ2v) is 5.04. The van der Waals surface area contributed by atoms with Gasteiger partial charge in [-0.15, -0.1) is 0 Å². The summed E-state index contributed by atoms with van der Waals surface area (Å²) in [5.41, 5.74) is 6.64. The average Bonchev–Trinajstić information content (AvgIpc) is 2.03. The lowest BCUT2D eigenvalue weighted by molar-refractivity contribution is 0.0899. The molecule has 0 bridgehead atoms. The predicted octanol–water partition coefficient (Wildman–Crippen LogP) is 2.54. The molecule has 0 atom stereocenters. The van der Waals surface area contributed by atoms with E-state index < -0.39 is 11.6 Å². The Bertz CT molecular complexity index is 410. The number of nitrogens with two attached hydrogens (primary N) is 1. The van der Waals surface area contributed by atoms with Crippen LogP contribution in [0, 0.1) is 17.0 Å². The van der Waals surface area contributed by atoms with Gasteiger partial charge in [0.25, 0.3) is 0 Å². The lowest BCUT2D eigenvalue weighted by atomic mass is 9.63. The molecule has 2 N–H and O–H groups in total. The molecule has 0 unspecified atom stereocenters. The van der Waals surface area contributed by atoms with Gasteiger partial charge in [-0.2, -0.15) is 0 Å². The van der Waals surface area contributed by atoms with Crippen molar-refractivity contribution in [2.75, 3.05) is 23.7 Å². The molecule has 86 valence electrons. The highest BCUT2D eigenvalue weighted by Gasteiger charge is 2.48. The summed E-state index contributed by atoms with van der Waals surface area (Å²) in [6.45, 7) is 1.72. The zero-order valence-electron chi connectivity index (χ0n) is 8.97. The molecule has 1 heterocycles. The third-order valence-corrected chi connectivity index (χ3v) is 3.84. The van der Waals surface area contributed by atoms with Gasteiger partial charge >= 0.3 is 0 Å². The summed E-state index contributed by atoms with van der Waals surface area (Å²) in [6, 6.07) is 2.08. The van der Waals surface area contributed by atoms with Gasteiger partial charge in [0.1, 0.15) is 5.82 Å². The molecule has 1 saturated carbocycles. The Morgan fingerprint density at radius 3 is 2.38 bits per heavy atom. The highest BCUT2D eigenvalue weighted by atomic mass is 19.1. The van der Waals surface area contributed by atoms with Gasteiger partial charge in [0.15, 0.2) is 5.82 Å². The summed E-state index contributed by atoms with van der Waals surface area (Å²) < 4.78 is 26.5. The molecule has 2 aliphatic rings. The van der Waals surface area contributed by atoms with E-state index in [0.29, 0.717) is 11.1 Å². The zero-order valence-corrected chi connectivity index (χ0v) is 8.97. The van der Waals surface area contributed by atoms with E-state index in [4.69, 9.17) is 5.73 Å². The molecule has 1 spiro atoms. The van der Waals surface area contributed by atoms with Gasteiger partial charge in [-0.25, -0.2) is 8.78 Å². The molecule has 1 aliphatic heterocycles. The largest absolute Gasteiger partial charge is 0.397 e. The number of rotatable bonds is 1. The highest BCUT2D eigenvalue weighted by Crippen LogP contribution is 2.50. The first-order chi connectivity index (χ1) is 7.60. The van der Waals surface area contributed by atoms with Crippen LogP contribution in [0.3, 0.4) is 0 Å². The summed E-state index contributed by atoms with van der Waals surface area (Å²) in [6.07, 6.45) is 3.73. The van der Waals surface area contributed by atoms with Crippen molar-refractivity contribution >= 4 is 11.4 Å². The average molecular weight is 224 g/mol. The highest BCUT2D eigenvalue weighted by molar-refractivity contribution is 5.70. The van der Waals surface area contributed by atoms with Crippen LogP contribution in [0.25, 0.3) is 0 Å². The smallest absolute Gasteiger partial charge is 0.151 e.